The molecule has 7 heteroatoms. The summed E-state index contributed by atoms with van der Waals surface area (Å²) in [6.45, 7) is 0.744. The SMILES string of the molecule is NC(=O)C1COCCN1C(=O)c1cccc(N)c1Cl. The Kier molecular flexibility index (Phi) is 3.92. The second kappa shape index (κ2) is 5.46. The number of primary amides is 1. The lowest BCUT2D eigenvalue weighted by molar-refractivity contribution is -0.127. The summed E-state index contributed by atoms with van der Waals surface area (Å²) in [7, 11) is 0. The number of amides is 2. The predicted octanol–water partition coefficient (Wildman–Crippen LogP) is 0.249. The van der Waals surface area contributed by atoms with Gasteiger partial charge in [0.25, 0.3) is 5.91 Å². The van der Waals surface area contributed by atoms with Crippen molar-refractivity contribution in [2.24, 2.45) is 5.73 Å². The minimum Gasteiger partial charge on any atom is -0.398 e. The molecule has 0 aromatic heterocycles. The molecular weight excluding hydrogens is 270 g/mol. The number of benzene rings is 1. The van der Waals surface area contributed by atoms with Crippen molar-refractivity contribution in [3.63, 3.8) is 0 Å². The Hall–Kier alpha value is -1.79. The van der Waals surface area contributed by atoms with Gasteiger partial charge in [-0.3, -0.25) is 9.59 Å². The third-order valence-corrected chi connectivity index (χ3v) is 3.40. The lowest BCUT2D eigenvalue weighted by atomic mass is 10.1. The van der Waals surface area contributed by atoms with Gasteiger partial charge in [0.15, 0.2) is 0 Å². The van der Waals surface area contributed by atoms with E-state index in [1.165, 1.54) is 4.90 Å². The van der Waals surface area contributed by atoms with Gasteiger partial charge in [0, 0.05) is 6.54 Å². The van der Waals surface area contributed by atoms with E-state index in [2.05, 4.69) is 0 Å². The number of carbonyl (C=O) groups excluding carboxylic acids is 2. The molecule has 0 bridgehead atoms. The number of anilines is 1. The molecule has 1 aromatic carbocycles. The molecule has 1 aromatic rings. The molecule has 6 nitrogen and oxygen atoms in total. The van der Waals surface area contributed by atoms with Crippen molar-refractivity contribution in [3.8, 4) is 0 Å². The maximum absolute atomic E-state index is 12.4. The van der Waals surface area contributed by atoms with Crippen LogP contribution in [0.25, 0.3) is 0 Å². The van der Waals surface area contributed by atoms with E-state index >= 15 is 0 Å². The highest BCUT2D eigenvalue weighted by Crippen LogP contribution is 2.25. The predicted molar refractivity (Wildman–Crippen MR) is 70.7 cm³/mol. The highest BCUT2D eigenvalue weighted by molar-refractivity contribution is 6.36. The number of ether oxygens (including phenoxy) is 1. The van der Waals surface area contributed by atoms with Crippen LogP contribution in [0.3, 0.4) is 0 Å². The molecule has 0 saturated carbocycles. The fourth-order valence-corrected chi connectivity index (χ4v) is 2.16. The number of rotatable bonds is 2. The third kappa shape index (κ3) is 2.64. The minimum atomic E-state index is -0.779. The van der Waals surface area contributed by atoms with Crippen LogP contribution in [0, 0.1) is 0 Å². The van der Waals surface area contributed by atoms with Crippen LogP contribution in [0.4, 0.5) is 5.69 Å². The molecule has 1 unspecified atom stereocenters. The Morgan fingerprint density at radius 2 is 2.16 bits per heavy atom. The zero-order valence-electron chi connectivity index (χ0n) is 10.1. The van der Waals surface area contributed by atoms with Gasteiger partial charge in [-0.05, 0) is 12.1 Å². The number of nitrogen functional groups attached to an aromatic ring is 1. The number of carbonyl (C=O) groups is 2. The molecule has 4 N–H and O–H groups in total. The molecule has 1 heterocycles. The molecule has 0 aliphatic carbocycles. The van der Waals surface area contributed by atoms with Crippen molar-refractivity contribution in [1.29, 1.82) is 0 Å². The minimum absolute atomic E-state index is 0.0982. The summed E-state index contributed by atoms with van der Waals surface area (Å²) in [6, 6.07) is 4.02. The number of halogens is 1. The molecular formula is C12H14ClN3O3. The van der Waals surface area contributed by atoms with Crippen LogP contribution in [0.15, 0.2) is 18.2 Å². The van der Waals surface area contributed by atoms with Gasteiger partial charge in [-0.2, -0.15) is 0 Å². The number of hydrogen-bond acceptors (Lipinski definition) is 4. The summed E-state index contributed by atoms with van der Waals surface area (Å²) < 4.78 is 5.16. The van der Waals surface area contributed by atoms with Crippen molar-refractivity contribution in [2.45, 2.75) is 6.04 Å². The first-order valence-corrected chi connectivity index (χ1v) is 6.12. The lowest BCUT2D eigenvalue weighted by Crippen LogP contribution is -2.54. The first kappa shape index (κ1) is 13.6. The van der Waals surface area contributed by atoms with Crippen LogP contribution < -0.4 is 11.5 Å². The number of morpholine rings is 1. The zero-order valence-corrected chi connectivity index (χ0v) is 10.9. The molecule has 0 spiro atoms. The van der Waals surface area contributed by atoms with E-state index < -0.39 is 11.9 Å². The van der Waals surface area contributed by atoms with Gasteiger partial charge >= 0.3 is 0 Å². The van der Waals surface area contributed by atoms with Crippen LogP contribution in [0.1, 0.15) is 10.4 Å². The van der Waals surface area contributed by atoms with E-state index in [1.807, 2.05) is 0 Å². The molecule has 1 atom stereocenters. The molecule has 1 aliphatic heterocycles. The molecule has 2 rings (SSSR count). The first-order chi connectivity index (χ1) is 9.02. The van der Waals surface area contributed by atoms with Gasteiger partial charge in [-0.15, -0.1) is 0 Å². The topological polar surface area (TPSA) is 98.7 Å². The second-order valence-corrected chi connectivity index (χ2v) is 4.58. The van der Waals surface area contributed by atoms with E-state index in [-0.39, 0.29) is 29.6 Å². The quantitative estimate of drug-likeness (QED) is 0.760. The maximum atomic E-state index is 12.4. The summed E-state index contributed by atoms with van der Waals surface area (Å²) in [4.78, 5) is 25.1. The summed E-state index contributed by atoms with van der Waals surface area (Å²) in [6.07, 6.45) is 0. The lowest BCUT2D eigenvalue weighted by Gasteiger charge is -2.33. The smallest absolute Gasteiger partial charge is 0.256 e. The summed E-state index contributed by atoms with van der Waals surface area (Å²) >= 11 is 6.01. The average Bonchev–Trinajstić information content (AvgIpc) is 2.41. The molecule has 1 saturated heterocycles. The van der Waals surface area contributed by atoms with Crippen LogP contribution in [0.2, 0.25) is 5.02 Å². The van der Waals surface area contributed by atoms with Crippen LogP contribution in [0.5, 0.6) is 0 Å². The molecule has 1 aliphatic rings. The van der Waals surface area contributed by atoms with Crippen molar-refractivity contribution in [3.05, 3.63) is 28.8 Å². The van der Waals surface area contributed by atoms with Gasteiger partial charge in [0.2, 0.25) is 5.91 Å². The summed E-state index contributed by atoms with van der Waals surface area (Å²) in [5, 5.41) is 0.183. The van der Waals surface area contributed by atoms with Crippen molar-refractivity contribution in [2.75, 3.05) is 25.5 Å². The largest absolute Gasteiger partial charge is 0.398 e. The van der Waals surface area contributed by atoms with Gasteiger partial charge in [-0.1, -0.05) is 17.7 Å². The average molecular weight is 284 g/mol. The van der Waals surface area contributed by atoms with Crippen molar-refractivity contribution in [1.82, 2.24) is 4.90 Å². The van der Waals surface area contributed by atoms with E-state index in [0.29, 0.717) is 12.3 Å². The van der Waals surface area contributed by atoms with Gasteiger partial charge in [0.1, 0.15) is 6.04 Å². The van der Waals surface area contributed by atoms with Crippen LogP contribution >= 0.6 is 11.6 Å². The Morgan fingerprint density at radius 3 is 2.84 bits per heavy atom. The molecule has 2 amide bonds. The van der Waals surface area contributed by atoms with Crippen molar-refractivity contribution < 1.29 is 14.3 Å². The Morgan fingerprint density at radius 1 is 1.42 bits per heavy atom. The Bertz CT molecular complexity index is 521. The Labute approximate surface area is 115 Å². The van der Waals surface area contributed by atoms with E-state index in [4.69, 9.17) is 27.8 Å². The number of nitrogens with two attached hydrogens (primary N) is 2. The first-order valence-electron chi connectivity index (χ1n) is 5.74. The fourth-order valence-electron chi connectivity index (χ4n) is 1.95. The van der Waals surface area contributed by atoms with E-state index in [0.717, 1.165) is 0 Å². The van der Waals surface area contributed by atoms with Gasteiger partial charge in [0.05, 0.1) is 29.5 Å². The zero-order chi connectivity index (χ0) is 14.0. The van der Waals surface area contributed by atoms with Crippen molar-refractivity contribution >= 4 is 29.1 Å². The highest BCUT2D eigenvalue weighted by atomic mass is 35.5. The van der Waals surface area contributed by atoms with E-state index in [9.17, 15) is 9.59 Å². The molecule has 19 heavy (non-hydrogen) atoms. The maximum Gasteiger partial charge on any atom is 0.256 e. The molecule has 102 valence electrons. The number of nitrogens with zero attached hydrogens (tertiary/aromatic N) is 1. The standard InChI is InChI=1S/C12H14ClN3O3/c13-10-7(2-1-3-8(10)14)12(18)16-4-5-19-6-9(16)11(15)17/h1-3,9H,4-6,14H2,(H2,15,17). The van der Waals surface area contributed by atoms with Gasteiger partial charge in [-0.25, -0.2) is 0 Å². The number of hydrogen-bond donors (Lipinski definition) is 2. The summed E-state index contributed by atoms with van der Waals surface area (Å²) in [5.74, 6) is -0.975. The fraction of sp³-hybridized carbons (Fsp3) is 0.333. The third-order valence-electron chi connectivity index (χ3n) is 2.98. The normalized spacial score (nSPS) is 19.2. The summed E-state index contributed by atoms with van der Waals surface area (Å²) in [5.41, 5.74) is 11.5. The Balaban J connectivity index is 2.31. The molecule has 0 radical (unpaired) electrons. The highest BCUT2D eigenvalue weighted by Gasteiger charge is 2.32. The monoisotopic (exact) mass is 283 g/mol. The van der Waals surface area contributed by atoms with Gasteiger partial charge < -0.3 is 21.1 Å². The second-order valence-electron chi connectivity index (χ2n) is 4.20. The molecule has 1 fully saturated rings. The van der Waals surface area contributed by atoms with Crippen LogP contribution in [-0.2, 0) is 9.53 Å². The van der Waals surface area contributed by atoms with E-state index in [1.54, 1.807) is 18.2 Å². The van der Waals surface area contributed by atoms with Crippen LogP contribution in [-0.4, -0.2) is 42.5 Å².